The first-order valence-corrected chi connectivity index (χ1v) is 9.78. The van der Waals surface area contributed by atoms with Gasteiger partial charge in [0.05, 0.1) is 13.2 Å². The number of H-pyrrole nitrogens is 1. The summed E-state index contributed by atoms with van der Waals surface area (Å²) in [5.74, 6) is 0.826. The summed E-state index contributed by atoms with van der Waals surface area (Å²) in [6, 6.07) is 8.53. The Morgan fingerprint density at radius 1 is 1.26 bits per heavy atom. The number of benzene rings is 1. The second-order valence-corrected chi connectivity index (χ2v) is 8.04. The Bertz CT molecular complexity index is 1280. The Kier molecular flexibility index (Phi) is 4.52. The SMILES string of the molecule is Cn1cnnc1CC1(c2cccc(-c3n[nH]c4c(Cl)nc(C(F)(F)F)cc34)c2)COC1. The summed E-state index contributed by atoms with van der Waals surface area (Å²) in [5, 5.41) is 15.0. The van der Waals surface area contributed by atoms with Gasteiger partial charge < -0.3 is 9.30 Å². The Balaban J connectivity index is 1.59. The van der Waals surface area contributed by atoms with Crippen LogP contribution < -0.4 is 0 Å². The summed E-state index contributed by atoms with van der Waals surface area (Å²) in [7, 11) is 1.88. The number of aromatic nitrogens is 6. The van der Waals surface area contributed by atoms with Gasteiger partial charge in [-0.1, -0.05) is 29.8 Å². The number of hydrogen-bond acceptors (Lipinski definition) is 5. The van der Waals surface area contributed by atoms with Gasteiger partial charge in [-0.15, -0.1) is 10.2 Å². The molecule has 0 aliphatic carbocycles. The summed E-state index contributed by atoms with van der Waals surface area (Å²) in [5.41, 5.74) is 0.945. The van der Waals surface area contributed by atoms with Crippen LogP contribution in [0.5, 0.6) is 0 Å². The van der Waals surface area contributed by atoms with Crippen LogP contribution in [-0.2, 0) is 29.8 Å². The van der Waals surface area contributed by atoms with Crippen molar-refractivity contribution in [1.29, 1.82) is 0 Å². The Labute approximate surface area is 179 Å². The number of hydrogen-bond donors (Lipinski definition) is 1. The quantitative estimate of drug-likeness (QED) is 0.478. The van der Waals surface area contributed by atoms with Crippen LogP contribution in [0.1, 0.15) is 17.1 Å². The van der Waals surface area contributed by atoms with E-state index in [9.17, 15) is 13.2 Å². The smallest absolute Gasteiger partial charge is 0.379 e. The predicted molar refractivity (Wildman–Crippen MR) is 107 cm³/mol. The summed E-state index contributed by atoms with van der Waals surface area (Å²) in [6.07, 6.45) is -2.34. The second-order valence-electron chi connectivity index (χ2n) is 7.68. The summed E-state index contributed by atoms with van der Waals surface area (Å²) >= 11 is 5.98. The number of nitrogens with zero attached hydrogens (tertiary/aromatic N) is 5. The molecule has 31 heavy (non-hydrogen) atoms. The van der Waals surface area contributed by atoms with Gasteiger partial charge in [0.25, 0.3) is 0 Å². The third-order valence-corrected chi connectivity index (χ3v) is 5.88. The molecular weight excluding hydrogens is 433 g/mol. The van der Waals surface area contributed by atoms with E-state index in [1.54, 1.807) is 12.4 Å². The van der Waals surface area contributed by atoms with Crippen LogP contribution in [0.3, 0.4) is 0 Å². The molecule has 4 heterocycles. The number of aryl methyl sites for hydroxylation is 1. The average molecular weight is 449 g/mol. The zero-order valence-electron chi connectivity index (χ0n) is 16.2. The first kappa shape index (κ1) is 20.0. The van der Waals surface area contributed by atoms with E-state index >= 15 is 0 Å². The standard InChI is InChI=1S/C20H16ClF3N6O/c1-30-10-25-27-15(30)7-19(8-31-9-19)12-4-2-3-11(5-12)16-13-6-14(20(22,23)24)26-18(21)17(13)29-28-16/h2-6,10H,7-9H2,1H3,(H,28,29). The van der Waals surface area contributed by atoms with Crippen molar-refractivity contribution in [3.8, 4) is 11.3 Å². The van der Waals surface area contributed by atoms with Crippen molar-refractivity contribution in [3.63, 3.8) is 0 Å². The molecule has 0 spiro atoms. The molecule has 7 nitrogen and oxygen atoms in total. The van der Waals surface area contributed by atoms with Gasteiger partial charge in [0.15, 0.2) is 5.15 Å². The zero-order chi connectivity index (χ0) is 21.8. The van der Waals surface area contributed by atoms with E-state index in [2.05, 4.69) is 25.4 Å². The van der Waals surface area contributed by atoms with E-state index in [1.807, 2.05) is 29.8 Å². The Hall–Kier alpha value is -2.98. The molecule has 0 saturated carbocycles. The van der Waals surface area contributed by atoms with Gasteiger partial charge in [-0.3, -0.25) is 5.10 Å². The summed E-state index contributed by atoms with van der Waals surface area (Å²) in [6.45, 7) is 1.02. The highest BCUT2D eigenvalue weighted by atomic mass is 35.5. The molecule has 4 aromatic rings. The minimum absolute atomic E-state index is 0.260. The first-order chi connectivity index (χ1) is 14.8. The fourth-order valence-corrected chi connectivity index (χ4v) is 4.06. The van der Waals surface area contributed by atoms with Crippen molar-refractivity contribution < 1.29 is 17.9 Å². The zero-order valence-corrected chi connectivity index (χ0v) is 17.0. The van der Waals surface area contributed by atoms with Crippen molar-refractivity contribution in [1.82, 2.24) is 29.9 Å². The maximum absolute atomic E-state index is 13.2. The van der Waals surface area contributed by atoms with Gasteiger partial charge in [0.1, 0.15) is 29.1 Å². The molecule has 1 aliphatic heterocycles. The molecule has 5 rings (SSSR count). The van der Waals surface area contributed by atoms with Crippen LogP contribution in [0.4, 0.5) is 13.2 Å². The Morgan fingerprint density at radius 3 is 2.71 bits per heavy atom. The molecule has 1 N–H and O–H groups in total. The van der Waals surface area contributed by atoms with Crippen LogP contribution in [-0.4, -0.2) is 43.2 Å². The minimum Gasteiger partial charge on any atom is -0.379 e. The molecule has 0 bridgehead atoms. The van der Waals surface area contributed by atoms with Gasteiger partial charge >= 0.3 is 6.18 Å². The van der Waals surface area contributed by atoms with Gasteiger partial charge in [-0.05, 0) is 17.7 Å². The average Bonchev–Trinajstić information content (AvgIpc) is 3.30. The monoisotopic (exact) mass is 448 g/mol. The van der Waals surface area contributed by atoms with Crippen molar-refractivity contribution in [2.45, 2.75) is 18.0 Å². The third kappa shape index (κ3) is 3.35. The van der Waals surface area contributed by atoms with Crippen LogP contribution in [0.15, 0.2) is 36.7 Å². The fourth-order valence-electron chi connectivity index (χ4n) is 3.83. The van der Waals surface area contributed by atoms with Crippen LogP contribution in [0, 0.1) is 0 Å². The van der Waals surface area contributed by atoms with E-state index in [1.165, 1.54) is 0 Å². The van der Waals surface area contributed by atoms with E-state index in [0.717, 1.165) is 17.5 Å². The van der Waals surface area contributed by atoms with Gasteiger partial charge in [0, 0.05) is 29.8 Å². The topological polar surface area (TPSA) is 81.5 Å². The maximum atomic E-state index is 13.2. The number of alkyl halides is 3. The second kappa shape index (κ2) is 7.03. The highest BCUT2D eigenvalue weighted by molar-refractivity contribution is 6.34. The number of pyridine rings is 1. The lowest BCUT2D eigenvalue weighted by Crippen LogP contribution is -2.49. The molecule has 0 radical (unpaired) electrons. The Morgan fingerprint density at radius 2 is 2.06 bits per heavy atom. The fraction of sp³-hybridized carbons (Fsp3) is 0.300. The number of aromatic amines is 1. The minimum atomic E-state index is -4.61. The summed E-state index contributed by atoms with van der Waals surface area (Å²) < 4.78 is 47.1. The number of rotatable bonds is 4. The molecule has 1 aromatic carbocycles. The molecule has 160 valence electrons. The molecule has 11 heteroatoms. The van der Waals surface area contributed by atoms with Crippen molar-refractivity contribution in [3.05, 3.63) is 58.9 Å². The lowest BCUT2D eigenvalue weighted by Gasteiger charge is -2.41. The van der Waals surface area contributed by atoms with Crippen molar-refractivity contribution >= 4 is 22.5 Å². The molecule has 1 fully saturated rings. The van der Waals surface area contributed by atoms with E-state index < -0.39 is 11.9 Å². The molecule has 1 aliphatic rings. The highest BCUT2D eigenvalue weighted by Crippen LogP contribution is 2.39. The molecule has 1 saturated heterocycles. The molecule has 3 aromatic heterocycles. The lowest BCUT2D eigenvalue weighted by molar-refractivity contribution is -0.141. The van der Waals surface area contributed by atoms with Crippen LogP contribution in [0.2, 0.25) is 5.15 Å². The van der Waals surface area contributed by atoms with Gasteiger partial charge in [0.2, 0.25) is 0 Å². The van der Waals surface area contributed by atoms with E-state index in [-0.39, 0.29) is 21.5 Å². The van der Waals surface area contributed by atoms with Gasteiger partial charge in [-0.2, -0.15) is 18.3 Å². The number of nitrogens with one attached hydrogen (secondary N) is 1. The summed E-state index contributed by atoms with van der Waals surface area (Å²) in [4.78, 5) is 3.45. The molecule has 0 atom stereocenters. The van der Waals surface area contributed by atoms with Crippen molar-refractivity contribution in [2.24, 2.45) is 7.05 Å². The van der Waals surface area contributed by atoms with E-state index in [0.29, 0.717) is 30.9 Å². The number of halogens is 4. The number of ether oxygens (including phenoxy) is 1. The lowest BCUT2D eigenvalue weighted by atomic mass is 9.75. The van der Waals surface area contributed by atoms with Crippen molar-refractivity contribution in [2.75, 3.05) is 13.2 Å². The molecule has 0 unspecified atom stereocenters. The van der Waals surface area contributed by atoms with Gasteiger partial charge in [-0.25, -0.2) is 4.98 Å². The number of fused-ring (bicyclic) bond motifs is 1. The normalized spacial score (nSPS) is 15.9. The van der Waals surface area contributed by atoms with Crippen LogP contribution >= 0.6 is 11.6 Å². The predicted octanol–water partition coefficient (Wildman–Crippen LogP) is 3.94. The molecular formula is C20H16ClF3N6O. The first-order valence-electron chi connectivity index (χ1n) is 9.40. The third-order valence-electron chi connectivity index (χ3n) is 5.61. The maximum Gasteiger partial charge on any atom is 0.433 e. The molecule has 0 amide bonds. The largest absolute Gasteiger partial charge is 0.433 e. The highest BCUT2D eigenvalue weighted by Gasteiger charge is 2.42. The van der Waals surface area contributed by atoms with E-state index in [4.69, 9.17) is 16.3 Å². The van der Waals surface area contributed by atoms with Crippen LogP contribution in [0.25, 0.3) is 22.2 Å².